The van der Waals surface area contributed by atoms with Crippen LogP contribution in [0.1, 0.15) is 6.92 Å². The Morgan fingerprint density at radius 2 is 2.25 bits per heavy atom. The molecule has 0 spiro atoms. The average Bonchev–Trinajstić information content (AvgIpc) is 2.43. The zero-order valence-corrected chi connectivity index (χ0v) is 14.8. The van der Waals surface area contributed by atoms with Crippen LogP contribution in [0.4, 0.5) is 15.8 Å². The van der Waals surface area contributed by atoms with Crippen molar-refractivity contribution in [2.45, 2.75) is 12.3 Å². The van der Waals surface area contributed by atoms with Crippen molar-refractivity contribution in [1.29, 1.82) is 0 Å². The van der Waals surface area contributed by atoms with Gasteiger partial charge in [0, 0.05) is 29.9 Å². The van der Waals surface area contributed by atoms with Crippen LogP contribution in [-0.2, 0) is 9.84 Å². The molecule has 1 aliphatic heterocycles. The van der Waals surface area contributed by atoms with E-state index >= 15 is 0 Å². The molecule has 112 valence electrons. The largest absolute Gasteiger partial charge is 0.397 e. The van der Waals surface area contributed by atoms with E-state index in [1.54, 1.807) is 29.7 Å². The molecule has 1 atom stereocenters. The summed E-state index contributed by atoms with van der Waals surface area (Å²) in [6.07, 6.45) is 0. The van der Waals surface area contributed by atoms with E-state index in [0.29, 0.717) is 27.2 Å². The van der Waals surface area contributed by atoms with Crippen LogP contribution in [0.25, 0.3) is 0 Å². The van der Waals surface area contributed by atoms with Crippen LogP contribution in [0.15, 0.2) is 12.1 Å². The number of anilines is 2. The highest BCUT2D eigenvalue weighted by Crippen LogP contribution is 2.33. The number of rotatable bonds is 3. The predicted octanol–water partition coefficient (Wildman–Crippen LogP) is 2.33. The molecule has 8 heteroatoms. The molecule has 2 N–H and O–H groups in total. The molecule has 1 aromatic carbocycles. The molecule has 0 aromatic heterocycles. The molecule has 0 bridgehead atoms. The first-order chi connectivity index (χ1) is 9.36. The first-order valence-electron chi connectivity index (χ1n) is 6.17. The van der Waals surface area contributed by atoms with E-state index in [1.165, 1.54) is 6.07 Å². The van der Waals surface area contributed by atoms with Crippen LogP contribution in [0.2, 0.25) is 0 Å². The van der Waals surface area contributed by atoms with Gasteiger partial charge in [-0.15, -0.1) is 0 Å². The first kappa shape index (κ1) is 16.2. The minimum atomic E-state index is -3.23. The standard InChI is InChI=1S/C12H16FIN2O2S2/c1-2-20(17,18)12-7-19-4-3-16(12)11-5-8(13)9(14)6-10(11)15/h5-6,12H,2-4,7,15H2,1H3. The number of nitrogens with zero attached hydrogens (tertiary/aromatic N) is 1. The van der Waals surface area contributed by atoms with Gasteiger partial charge in [0.15, 0.2) is 9.84 Å². The Hall–Kier alpha value is -0.220. The Bertz CT molecular complexity index is 610. The summed E-state index contributed by atoms with van der Waals surface area (Å²) >= 11 is 3.47. The molecular weight excluding hydrogens is 414 g/mol. The van der Waals surface area contributed by atoms with E-state index in [4.69, 9.17) is 5.73 Å². The van der Waals surface area contributed by atoms with E-state index in [-0.39, 0.29) is 11.6 Å². The smallest absolute Gasteiger partial charge is 0.171 e. The minimum Gasteiger partial charge on any atom is -0.397 e. The van der Waals surface area contributed by atoms with E-state index < -0.39 is 15.2 Å². The molecular formula is C12H16FIN2O2S2. The molecule has 1 aromatic rings. The molecule has 0 saturated carbocycles. The van der Waals surface area contributed by atoms with Crippen LogP contribution in [0.3, 0.4) is 0 Å². The van der Waals surface area contributed by atoms with Crippen molar-refractivity contribution >= 4 is 55.6 Å². The zero-order chi connectivity index (χ0) is 14.9. The number of thioether (sulfide) groups is 1. The maximum atomic E-state index is 13.8. The highest BCUT2D eigenvalue weighted by molar-refractivity contribution is 14.1. The first-order valence-corrected chi connectivity index (χ1v) is 10.1. The van der Waals surface area contributed by atoms with Gasteiger partial charge in [0.1, 0.15) is 11.2 Å². The van der Waals surface area contributed by atoms with Gasteiger partial charge in [-0.05, 0) is 28.7 Å². The monoisotopic (exact) mass is 430 g/mol. The summed E-state index contributed by atoms with van der Waals surface area (Å²) in [5.74, 6) is 0.994. The van der Waals surface area contributed by atoms with Crippen LogP contribution in [-0.4, -0.2) is 37.6 Å². The summed E-state index contributed by atoms with van der Waals surface area (Å²) in [6.45, 7) is 2.18. The highest BCUT2D eigenvalue weighted by atomic mass is 127. The molecule has 0 aliphatic carbocycles. The van der Waals surface area contributed by atoms with E-state index in [2.05, 4.69) is 0 Å². The van der Waals surface area contributed by atoms with Crippen LogP contribution >= 0.6 is 34.4 Å². The lowest BCUT2D eigenvalue weighted by Crippen LogP contribution is -2.48. The minimum absolute atomic E-state index is 0.0709. The third-order valence-corrected chi connectivity index (χ3v) is 7.40. The van der Waals surface area contributed by atoms with Crippen molar-refractivity contribution in [2.24, 2.45) is 0 Å². The molecule has 1 saturated heterocycles. The number of halogens is 2. The van der Waals surface area contributed by atoms with Gasteiger partial charge in [-0.3, -0.25) is 0 Å². The lowest BCUT2D eigenvalue weighted by molar-refractivity contribution is 0.578. The van der Waals surface area contributed by atoms with Gasteiger partial charge >= 0.3 is 0 Å². The molecule has 1 heterocycles. The van der Waals surface area contributed by atoms with Gasteiger partial charge in [0.25, 0.3) is 0 Å². The second kappa shape index (κ2) is 6.27. The number of sulfone groups is 1. The Kier molecular flexibility index (Phi) is 5.06. The molecule has 1 fully saturated rings. The highest BCUT2D eigenvalue weighted by Gasteiger charge is 2.34. The zero-order valence-electron chi connectivity index (χ0n) is 11.0. The fourth-order valence-electron chi connectivity index (χ4n) is 2.15. The quantitative estimate of drug-likeness (QED) is 0.589. The lowest BCUT2D eigenvalue weighted by atomic mass is 10.2. The molecule has 20 heavy (non-hydrogen) atoms. The Balaban J connectivity index is 2.46. The molecule has 1 unspecified atom stereocenters. The summed E-state index contributed by atoms with van der Waals surface area (Å²) in [7, 11) is -3.23. The van der Waals surface area contributed by atoms with E-state index in [0.717, 1.165) is 5.75 Å². The number of nitrogen functional groups attached to an aromatic ring is 1. The van der Waals surface area contributed by atoms with Crippen LogP contribution < -0.4 is 10.6 Å². The van der Waals surface area contributed by atoms with Crippen LogP contribution in [0.5, 0.6) is 0 Å². The van der Waals surface area contributed by atoms with Gasteiger partial charge in [-0.2, -0.15) is 11.8 Å². The van der Waals surface area contributed by atoms with Gasteiger partial charge in [-0.25, -0.2) is 12.8 Å². The Morgan fingerprint density at radius 3 is 2.90 bits per heavy atom. The van der Waals surface area contributed by atoms with Crippen molar-refractivity contribution < 1.29 is 12.8 Å². The van der Waals surface area contributed by atoms with Gasteiger partial charge in [-0.1, -0.05) is 6.92 Å². The summed E-state index contributed by atoms with van der Waals surface area (Å²) in [4.78, 5) is 1.73. The molecule has 0 amide bonds. The maximum absolute atomic E-state index is 13.8. The average molecular weight is 430 g/mol. The second-order valence-corrected chi connectivity index (χ2v) is 9.26. The fraction of sp³-hybridized carbons (Fsp3) is 0.500. The number of nitrogens with two attached hydrogens (primary N) is 1. The topological polar surface area (TPSA) is 63.4 Å². The molecule has 0 radical (unpaired) electrons. The summed E-state index contributed by atoms with van der Waals surface area (Å²) in [5, 5.41) is -0.631. The fourth-order valence-corrected chi connectivity index (χ4v) is 5.62. The summed E-state index contributed by atoms with van der Waals surface area (Å²) < 4.78 is 38.6. The number of hydrogen-bond donors (Lipinski definition) is 1. The molecule has 1 aliphatic rings. The van der Waals surface area contributed by atoms with Crippen molar-refractivity contribution in [3.63, 3.8) is 0 Å². The van der Waals surface area contributed by atoms with E-state index in [1.807, 2.05) is 22.6 Å². The van der Waals surface area contributed by atoms with Crippen molar-refractivity contribution in [2.75, 3.05) is 34.4 Å². The molecule has 2 rings (SSSR count). The van der Waals surface area contributed by atoms with Crippen molar-refractivity contribution in [3.8, 4) is 0 Å². The summed E-state index contributed by atoms with van der Waals surface area (Å²) in [6, 6.07) is 2.88. The van der Waals surface area contributed by atoms with Gasteiger partial charge in [0.05, 0.1) is 14.9 Å². The third-order valence-electron chi connectivity index (χ3n) is 3.28. The van der Waals surface area contributed by atoms with Crippen molar-refractivity contribution in [1.82, 2.24) is 0 Å². The van der Waals surface area contributed by atoms with E-state index in [9.17, 15) is 12.8 Å². The SMILES string of the molecule is CCS(=O)(=O)C1CSCCN1c1cc(F)c(I)cc1N. The predicted molar refractivity (Wildman–Crippen MR) is 91.4 cm³/mol. The Labute approximate surface area is 136 Å². The number of hydrogen-bond acceptors (Lipinski definition) is 5. The normalized spacial score (nSPS) is 20.1. The maximum Gasteiger partial charge on any atom is 0.171 e. The third kappa shape index (κ3) is 3.16. The van der Waals surface area contributed by atoms with Gasteiger partial charge in [0.2, 0.25) is 0 Å². The Morgan fingerprint density at radius 1 is 1.55 bits per heavy atom. The summed E-state index contributed by atoms with van der Waals surface area (Å²) in [5.41, 5.74) is 6.85. The second-order valence-electron chi connectivity index (χ2n) is 4.50. The van der Waals surface area contributed by atoms with Crippen molar-refractivity contribution in [3.05, 3.63) is 21.5 Å². The lowest BCUT2D eigenvalue weighted by Gasteiger charge is -2.37. The number of benzene rings is 1. The van der Waals surface area contributed by atoms with Crippen LogP contribution in [0, 0.1) is 9.39 Å². The molecule has 4 nitrogen and oxygen atoms in total. The van der Waals surface area contributed by atoms with Gasteiger partial charge < -0.3 is 10.6 Å².